The molecule has 0 aliphatic heterocycles. The quantitative estimate of drug-likeness (QED) is 0.704. The van der Waals surface area contributed by atoms with Crippen molar-refractivity contribution >= 4 is 5.97 Å². The Morgan fingerprint density at radius 3 is 2.29 bits per heavy atom. The number of carboxylic acids is 1. The van der Waals surface area contributed by atoms with Gasteiger partial charge in [-0.3, -0.25) is 10.1 Å². The topological polar surface area (TPSA) is 49.3 Å². The van der Waals surface area contributed by atoms with E-state index in [0.29, 0.717) is 11.8 Å². The van der Waals surface area contributed by atoms with Crippen LogP contribution in [0.2, 0.25) is 0 Å². The van der Waals surface area contributed by atoms with Gasteiger partial charge in [-0.1, -0.05) is 0 Å². The molecular weight excluding hydrogens is 178 g/mol. The van der Waals surface area contributed by atoms with E-state index < -0.39 is 5.97 Å². The van der Waals surface area contributed by atoms with Crippen LogP contribution in [0.1, 0.15) is 39.5 Å². The minimum absolute atomic E-state index is 0.00560. The predicted octanol–water partition coefficient (Wildman–Crippen LogP) is 1.63. The molecular formula is C11H19NO2. The number of hydrogen-bond acceptors (Lipinski definition) is 2. The molecule has 2 aliphatic carbocycles. The highest BCUT2D eigenvalue weighted by molar-refractivity contribution is 5.74. The zero-order valence-corrected chi connectivity index (χ0v) is 8.92. The molecule has 14 heavy (non-hydrogen) atoms. The first-order valence-electron chi connectivity index (χ1n) is 5.51. The fourth-order valence-corrected chi connectivity index (χ4v) is 2.13. The molecule has 2 saturated carbocycles. The van der Waals surface area contributed by atoms with E-state index in [0.717, 1.165) is 12.8 Å². The number of carbonyl (C=O) groups is 1. The summed E-state index contributed by atoms with van der Waals surface area (Å²) in [5, 5.41) is 12.4. The molecule has 0 aromatic rings. The number of carboxylic acid groups (broad SMARTS) is 1. The zero-order valence-electron chi connectivity index (χ0n) is 8.92. The van der Waals surface area contributed by atoms with E-state index in [1.165, 1.54) is 12.8 Å². The van der Waals surface area contributed by atoms with E-state index >= 15 is 0 Å². The first kappa shape index (κ1) is 9.97. The molecule has 0 saturated heterocycles. The molecule has 0 radical (unpaired) electrons. The molecule has 80 valence electrons. The molecule has 0 bridgehead atoms. The molecule has 0 aromatic heterocycles. The van der Waals surface area contributed by atoms with Crippen molar-refractivity contribution in [2.75, 3.05) is 0 Å². The molecule has 1 atom stereocenters. The number of rotatable bonds is 5. The molecule has 0 heterocycles. The van der Waals surface area contributed by atoms with E-state index in [2.05, 4.69) is 19.2 Å². The second-order valence-corrected chi connectivity index (χ2v) is 5.29. The normalized spacial score (nSPS) is 24.7. The van der Waals surface area contributed by atoms with Crippen LogP contribution in [0.25, 0.3) is 0 Å². The Labute approximate surface area is 84.9 Å². The molecule has 2 rings (SSSR count). The lowest BCUT2D eigenvalue weighted by Gasteiger charge is -2.30. The van der Waals surface area contributed by atoms with Crippen LogP contribution < -0.4 is 5.32 Å². The van der Waals surface area contributed by atoms with Crippen molar-refractivity contribution in [1.82, 2.24) is 5.32 Å². The Hall–Kier alpha value is -0.570. The maximum absolute atomic E-state index is 11.0. The van der Waals surface area contributed by atoms with Crippen molar-refractivity contribution in [1.29, 1.82) is 0 Å². The van der Waals surface area contributed by atoms with Gasteiger partial charge in [0.25, 0.3) is 0 Å². The highest BCUT2D eigenvalue weighted by atomic mass is 16.4. The van der Waals surface area contributed by atoms with Gasteiger partial charge in [-0.2, -0.15) is 0 Å². The Morgan fingerprint density at radius 1 is 1.36 bits per heavy atom. The third-order valence-electron chi connectivity index (χ3n) is 3.48. The summed E-state index contributed by atoms with van der Waals surface area (Å²) in [6, 6.07) is -0.314. The summed E-state index contributed by atoms with van der Waals surface area (Å²) in [5.74, 6) is 0.384. The lowest BCUT2D eigenvalue weighted by Crippen LogP contribution is -2.51. The first-order valence-corrected chi connectivity index (χ1v) is 5.51. The van der Waals surface area contributed by atoms with Crippen LogP contribution in [0, 0.1) is 11.8 Å². The molecule has 0 spiro atoms. The average Bonchev–Trinajstić information content (AvgIpc) is 2.88. The van der Waals surface area contributed by atoms with Gasteiger partial charge in [0, 0.05) is 5.54 Å². The lowest BCUT2D eigenvalue weighted by atomic mass is 9.96. The summed E-state index contributed by atoms with van der Waals surface area (Å²) in [7, 11) is 0. The van der Waals surface area contributed by atoms with Crippen LogP contribution in [-0.4, -0.2) is 22.7 Å². The van der Waals surface area contributed by atoms with Gasteiger partial charge in [-0.05, 0) is 51.4 Å². The van der Waals surface area contributed by atoms with E-state index in [1.54, 1.807) is 0 Å². The molecule has 2 fully saturated rings. The van der Waals surface area contributed by atoms with Gasteiger partial charge in [0.1, 0.15) is 6.04 Å². The molecule has 0 amide bonds. The van der Waals surface area contributed by atoms with Crippen molar-refractivity contribution in [3.05, 3.63) is 0 Å². The van der Waals surface area contributed by atoms with Crippen molar-refractivity contribution < 1.29 is 9.90 Å². The maximum atomic E-state index is 11.0. The highest BCUT2D eigenvalue weighted by Gasteiger charge is 2.44. The SMILES string of the molecule is CC(C)(NC(C(=O)O)C1CC1)C1CC1. The van der Waals surface area contributed by atoms with Gasteiger partial charge in [-0.25, -0.2) is 0 Å². The summed E-state index contributed by atoms with van der Waals surface area (Å²) in [6.45, 7) is 4.26. The number of aliphatic carboxylic acids is 1. The van der Waals surface area contributed by atoms with Gasteiger partial charge in [0.15, 0.2) is 0 Å². The molecule has 3 nitrogen and oxygen atoms in total. The van der Waals surface area contributed by atoms with Gasteiger partial charge in [0.2, 0.25) is 0 Å². The van der Waals surface area contributed by atoms with Gasteiger partial charge >= 0.3 is 5.97 Å². The summed E-state index contributed by atoms with van der Waals surface area (Å²) < 4.78 is 0. The fraction of sp³-hybridized carbons (Fsp3) is 0.909. The molecule has 2 N–H and O–H groups in total. The van der Waals surface area contributed by atoms with Gasteiger partial charge < -0.3 is 5.11 Å². The maximum Gasteiger partial charge on any atom is 0.320 e. The van der Waals surface area contributed by atoms with E-state index in [9.17, 15) is 4.79 Å². The van der Waals surface area contributed by atoms with Crippen molar-refractivity contribution in [3.8, 4) is 0 Å². The van der Waals surface area contributed by atoms with Gasteiger partial charge in [-0.15, -0.1) is 0 Å². The Kier molecular flexibility index (Phi) is 2.30. The summed E-state index contributed by atoms with van der Waals surface area (Å²) >= 11 is 0. The zero-order chi connectivity index (χ0) is 10.3. The van der Waals surface area contributed by atoms with Crippen LogP contribution in [-0.2, 0) is 4.79 Å². The summed E-state index contributed by atoms with van der Waals surface area (Å²) in [6.07, 6.45) is 4.64. The molecule has 0 aromatic carbocycles. The van der Waals surface area contributed by atoms with E-state index in [1.807, 2.05) is 0 Å². The minimum Gasteiger partial charge on any atom is -0.480 e. The Balaban J connectivity index is 1.95. The largest absolute Gasteiger partial charge is 0.480 e. The summed E-state index contributed by atoms with van der Waals surface area (Å²) in [5.41, 5.74) is 0.00560. The Bertz CT molecular complexity index is 242. The van der Waals surface area contributed by atoms with Crippen molar-refractivity contribution in [3.63, 3.8) is 0 Å². The van der Waals surface area contributed by atoms with E-state index in [4.69, 9.17) is 5.11 Å². The Morgan fingerprint density at radius 2 is 1.93 bits per heavy atom. The number of nitrogens with one attached hydrogen (secondary N) is 1. The number of hydrogen-bond donors (Lipinski definition) is 2. The molecule has 2 aliphatic rings. The van der Waals surface area contributed by atoms with Crippen LogP contribution >= 0.6 is 0 Å². The van der Waals surface area contributed by atoms with Crippen LogP contribution in [0.5, 0.6) is 0 Å². The standard InChI is InChI=1S/C11H19NO2/c1-11(2,8-5-6-8)12-9(10(13)14)7-3-4-7/h7-9,12H,3-6H2,1-2H3,(H,13,14). The second-order valence-electron chi connectivity index (χ2n) is 5.29. The van der Waals surface area contributed by atoms with E-state index in [-0.39, 0.29) is 11.6 Å². The monoisotopic (exact) mass is 197 g/mol. The fourth-order valence-electron chi connectivity index (χ4n) is 2.13. The third-order valence-corrected chi connectivity index (χ3v) is 3.48. The third kappa shape index (κ3) is 2.08. The summed E-state index contributed by atoms with van der Waals surface area (Å²) in [4.78, 5) is 11.0. The van der Waals surface area contributed by atoms with Crippen LogP contribution in [0.15, 0.2) is 0 Å². The van der Waals surface area contributed by atoms with Crippen LogP contribution in [0.4, 0.5) is 0 Å². The molecule has 3 heteroatoms. The van der Waals surface area contributed by atoms with Crippen LogP contribution in [0.3, 0.4) is 0 Å². The second kappa shape index (κ2) is 3.23. The highest BCUT2D eigenvalue weighted by Crippen LogP contribution is 2.41. The van der Waals surface area contributed by atoms with Gasteiger partial charge in [0.05, 0.1) is 0 Å². The minimum atomic E-state index is -0.679. The lowest BCUT2D eigenvalue weighted by molar-refractivity contribution is -0.140. The molecule has 1 unspecified atom stereocenters. The van der Waals surface area contributed by atoms with Crippen molar-refractivity contribution in [2.45, 2.75) is 51.1 Å². The smallest absolute Gasteiger partial charge is 0.320 e. The first-order chi connectivity index (χ1) is 6.50. The van der Waals surface area contributed by atoms with Crippen molar-refractivity contribution in [2.24, 2.45) is 11.8 Å². The average molecular weight is 197 g/mol. The predicted molar refractivity (Wildman–Crippen MR) is 54.1 cm³/mol.